The van der Waals surface area contributed by atoms with Gasteiger partial charge in [-0.1, -0.05) is 30.3 Å². The van der Waals surface area contributed by atoms with Crippen molar-refractivity contribution in [1.82, 2.24) is 24.9 Å². The number of hydrogen-bond donors (Lipinski definition) is 0. The second-order valence-corrected chi connectivity index (χ2v) is 8.09. The summed E-state index contributed by atoms with van der Waals surface area (Å²) in [6.07, 6.45) is 2.05. The number of ether oxygens (including phenoxy) is 1. The molecule has 0 bridgehead atoms. The van der Waals surface area contributed by atoms with Gasteiger partial charge in [0.15, 0.2) is 11.0 Å². The Labute approximate surface area is 194 Å². The van der Waals surface area contributed by atoms with E-state index < -0.39 is 4.92 Å². The van der Waals surface area contributed by atoms with Crippen LogP contribution in [-0.2, 0) is 12.3 Å². The summed E-state index contributed by atoms with van der Waals surface area (Å²) < 4.78 is 12.7. The fourth-order valence-corrected chi connectivity index (χ4v) is 3.96. The second kappa shape index (κ2) is 10.3. The van der Waals surface area contributed by atoms with E-state index in [0.717, 1.165) is 41.7 Å². The first-order chi connectivity index (χ1) is 16.1. The van der Waals surface area contributed by atoms with Crippen LogP contribution in [0.2, 0.25) is 0 Å². The highest BCUT2D eigenvalue weighted by molar-refractivity contribution is 7.98. The fraction of sp³-hybridized carbons (Fsp3) is 0.273. The third-order valence-electron chi connectivity index (χ3n) is 4.93. The maximum absolute atomic E-state index is 10.8. The Bertz CT molecular complexity index is 1220. The molecule has 33 heavy (non-hydrogen) atoms. The molecule has 0 unspecified atom stereocenters. The van der Waals surface area contributed by atoms with Gasteiger partial charge in [0.2, 0.25) is 11.7 Å². The zero-order valence-electron chi connectivity index (χ0n) is 18.2. The van der Waals surface area contributed by atoms with Crippen LogP contribution in [-0.4, -0.2) is 36.9 Å². The normalized spacial score (nSPS) is 11.0. The van der Waals surface area contributed by atoms with Crippen LogP contribution in [0.5, 0.6) is 5.75 Å². The predicted octanol–water partition coefficient (Wildman–Crippen LogP) is 5.00. The van der Waals surface area contributed by atoms with Crippen molar-refractivity contribution in [2.24, 2.45) is 0 Å². The van der Waals surface area contributed by atoms with Crippen molar-refractivity contribution in [3.8, 4) is 28.5 Å². The first-order valence-electron chi connectivity index (χ1n) is 10.4. The van der Waals surface area contributed by atoms with Gasteiger partial charge in [0.1, 0.15) is 5.75 Å². The largest absolute Gasteiger partial charge is 0.497 e. The number of thioether (sulfide) groups is 1. The summed E-state index contributed by atoms with van der Waals surface area (Å²) in [6, 6.07) is 13.8. The molecule has 0 atom stereocenters. The second-order valence-electron chi connectivity index (χ2n) is 7.14. The molecule has 0 saturated heterocycles. The molecule has 0 radical (unpaired) electrons. The third kappa shape index (κ3) is 5.20. The molecule has 0 aliphatic heterocycles. The van der Waals surface area contributed by atoms with Crippen LogP contribution in [0, 0.1) is 10.1 Å². The fourth-order valence-electron chi connectivity index (χ4n) is 3.16. The summed E-state index contributed by atoms with van der Waals surface area (Å²) in [5, 5.41) is 24.4. The van der Waals surface area contributed by atoms with Crippen LogP contribution in [0.4, 0.5) is 5.69 Å². The number of nitrogens with zero attached hydrogens (tertiary/aromatic N) is 6. The molecular weight excluding hydrogens is 444 g/mol. The van der Waals surface area contributed by atoms with E-state index in [-0.39, 0.29) is 5.69 Å². The maximum Gasteiger partial charge on any atom is 0.269 e. The lowest BCUT2D eigenvalue weighted by molar-refractivity contribution is -0.384. The highest BCUT2D eigenvalue weighted by atomic mass is 32.2. The highest BCUT2D eigenvalue weighted by Gasteiger charge is 2.17. The van der Waals surface area contributed by atoms with Crippen molar-refractivity contribution < 1.29 is 14.2 Å². The average Bonchev–Trinajstić information content (AvgIpc) is 3.48. The summed E-state index contributed by atoms with van der Waals surface area (Å²) in [4.78, 5) is 14.8. The molecule has 0 aliphatic carbocycles. The lowest BCUT2D eigenvalue weighted by Crippen LogP contribution is -2.02. The van der Waals surface area contributed by atoms with E-state index in [1.165, 1.54) is 23.9 Å². The van der Waals surface area contributed by atoms with Gasteiger partial charge in [-0.3, -0.25) is 10.1 Å². The molecule has 2 aromatic heterocycles. The van der Waals surface area contributed by atoms with Crippen molar-refractivity contribution in [2.45, 2.75) is 37.2 Å². The van der Waals surface area contributed by atoms with Crippen LogP contribution in [0.1, 0.15) is 25.7 Å². The number of methoxy groups -OCH3 is 1. The summed E-state index contributed by atoms with van der Waals surface area (Å²) in [7, 11) is 1.64. The van der Waals surface area contributed by atoms with Crippen LogP contribution in [0.25, 0.3) is 22.8 Å². The van der Waals surface area contributed by atoms with E-state index in [1.54, 1.807) is 19.2 Å². The molecule has 2 heterocycles. The highest BCUT2D eigenvalue weighted by Crippen LogP contribution is 2.28. The average molecular weight is 467 g/mol. The van der Waals surface area contributed by atoms with E-state index in [1.807, 2.05) is 24.3 Å². The molecule has 0 aliphatic rings. The maximum atomic E-state index is 10.8. The van der Waals surface area contributed by atoms with Gasteiger partial charge in [-0.25, -0.2) is 0 Å². The van der Waals surface area contributed by atoms with Crippen LogP contribution in [0.15, 0.2) is 58.2 Å². The summed E-state index contributed by atoms with van der Waals surface area (Å²) >= 11 is 1.47. The van der Waals surface area contributed by atoms with Crippen LogP contribution in [0.3, 0.4) is 0 Å². The molecule has 0 N–H and O–H groups in total. The molecule has 11 heteroatoms. The van der Waals surface area contributed by atoms with E-state index >= 15 is 0 Å². The molecule has 0 fully saturated rings. The van der Waals surface area contributed by atoms with Crippen molar-refractivity contribution in [2.75, 3.05) is 7.11 Å². The van der Waals surface area contributed by atoms with Crippen molar-refractivity contribution >= 4 is 17.4 Å². The Kier molecular flexibility index (Phi) is 6.98. The number of aromatic nitrogens is 5. The Hall–Kier alpha value is -3.73. The van der Waals surface area contributed by atoms with Gasteiger partial charge >= 0.3 is 0 Å². The number of nitro benzene ring substituents is 1. The lowest BCUT2D eigenvalue weighted by Gasteiger charge is -2.09. The van der Waals surface area contributed by atoms with Gasteiger partial charge in [-0.05, 0) is 42.8 Å². The molecule has 0 saturated carbocycles. The molecule has 170 valence electrons. The Balaban J connectivity index is 1.50. The molecule has 4 aromatic rings. The quantitative estimate of drug-likeness (QED) is 0.180. The van der Waals surface area contributed by atoms with Crippen molar-refractivity contribution in [3.05, 3.63) is 64.5 Å². The SMILES string of the molecule is CCCCn1c(SCc2nc(-c3ccc([N+](=O)[O-])cc3)no2)nnc1-c1ccc(OC)cc1. The molecule has 0 spiro atoms. The first-order valence-corrected chi connectivity index (χ1v) is 11.4. The van der Waals surface area contributed by atoms with E-state index in [4.69, 9.17) is 9.26 Å². The molecule has 0 amide bonds. The lowest BCUT2D eigenvalue weighted by atomic mass is 10.2. The number of unbranched alkanes of at least 4 members (excludes halogenated alkanes) is 1. The minimum atomic E-state index is -0.447. The number of benzene rings is 2. The Morgan fingerprint density at radius 3 is 2.48 bits per heavy atom. The summed E-state index contributed by atoms with van der Waals surface area (Å²) in [5.74, 6) is 2.82. The molecule has 2 aromatic carbocycles. The van der Waals surface area contributed by atoms with E-state index in [0.29, 0.717) is 23.0 Å². The Morgan fingerprint density at radius 2 is 1.82 bits per heavy atom. The van der Waals surface area contributed by atoms with E-state index in [9.17, 15) is 10.1 Å². The summed E-state index contributed by atoms with van der Waals surface area (Å²) in [5.41, 5.74) is 1.62. The number of hydrogen-bond acceptors (Lipinski definition) is 9. The third-order valence-corrected chi connectivity index (χ3v) is 5.88. The number of non-ortho nitro benzene ring substituents is 1. The smallest absolute Gasteiger partial charge is 0.269 e. The number of nitro groups is 1. The van der Waals surface area contributed by atoms with Gasteiger partial charge in [0, 0.05) is 29.8 Å². The van der Waals surface area contributed by atoms with Crippen molar-refractivity contribution in [3.63, 3.8) is 0 Å². The van der Waals surface area contributed by atoms with Gasteiger partial charge in [0.05, 0.1) is 17.8 Å². The van der Waals surface area contributed by atoms with Gasteiger partial charge in [-0.15, -0.1) is 10.2 Å². The molecular formula is C22H22N6O4S. The summed E-state index contributed by atoms with van der Waals surface area (Å²) in [6.45, 7) is 2.94. The van der Waals surface area contributed by atoms with Gasteiger partial charge in [-0.2, -0.15) is 4.98 Å². The molecule has 10 nitrogen and oxygen atoms in total. The zero-order chi connectivity index (χ0) is 23.2. The standard InChI is InChI=1S/C22H22N6O4S/c1-3-4-13-27-21(16-7-11-18(31-2)12-8-16)24-25-22(27)33-14-19-23-20(26-32-19)15-5-9-17(10-6-15)28(29)30/h5-12H,3-4,13-14H2,1-2H3. The Morgan fingerprint density at radius 1 is 1.09 bits per heavy atom. The topological polar surface area (TPSA) is 122 Å². The monoisotopic (exact) mass is 466 g/mol. The van der Waals surface area contributed by atoms with Gasteiger partial charge in [0.25, 0.3) is 5.69 Å². The predicted molar refractivity (Wildman–Crippen MR) is 123 cm³/mol. The first kappa shape index (κ1) is 22.5. The minimum Gasteiger partial charge on any atom is -0.497 e. The van der Waals surface area contributed by atoms with Crippen LogP contribution < -0.4 is 4.74 Å². The molecule has 4 rings (SSSR count). The van der Waals surface area contributed by atoms with Crippen molar-refractivity contribution in [1.29, 1.82) is 0 Å². The minimum absolute atomic E-state index is 0.0112. The van der Waals surface area contributed by atoms with Gasteiger partial charge < -0.3 is 13.8 Å². The van der Waals surface area contributed by atoms with Crippen LogP contribution >= 0.6 is 11.8 Å². The van der Waals surface area contributed by atoms with E-state index in [2.05, 4.69) is 31.8 Å². The number of rotatable bonds is 10. The zero-order valence-corrected chi connectivity index (χ0v) is 19.0.